The number of para-hydroxylation sites is 2. The Balaban J connectivity index is 2.47. The molecule has 0 saturated carbocycles. The van der Waals surface area contributed by atoms with Crippen LogP contribution in [0, 0.1) is 0 Å². The number of likely N-dealkylation sites (N-methyl/N-ethyl adjacent to an activating group) is 2. The van der Waals surface area contributed by atoms with Crippen molar-refractivity contribution in [3.63, 3.8) is 0 Å². The van der Waals surface area contributed by atoms with Crippen LogP contribution in [-0.2, 0) is 14.3 Å². The zero-order valence-corrected chi connectivity index (χ0v) is 11.4. The van der Waals surface area contributed by atoms with Gasteiger partial charge in [-0.25, -0.2) is 4.79 Å². The van der Waals surface area contributed by atoms with E-state index < -0.39 is 12.0 Å². The van der Waals surface area contributed by atoms with E-state index in [1.54, 1.807) is 18.9 Å². The number of ether oxygens (including phenoxy) is 1. The summed E-state index contributed by atoms with van der Waals surface area (Å²) in [5.74, 6) is -0.741. The summed E-state index contributed by atoms with van der Waals surface area (Å²) in [6.45, 7) is 4.49. The number of carbonyl (C=O) groups is 2. The molecular weight excluding hydrogens is 244 g/mol. The van der Waals surface area contributed by atoms with Crippen LogP contribution >= 0.6 is 0 Å². The fourth-order valence-electron chi connectivity index (χ4n) is 2.37. The van der Waals surface area contributed by atoms with Gasteiger partial charge in [0.05, 0.1) is 18.0 Å². The Morgan fingerprint density at radius 3 is 2.47 bits per heavy atom. The first-order chi connectivity index (χ1) is 9.11. The van der Waals surface area contributed by atoms with Gasteiger partial charge in [0.2, 0.25) is 6.04 Å². The van der Waals surface area contributed by atoms with Crippen molar-refractivity contribution in [2.24, 2.45) is 0 Å². The number of nitrogens with zero attached hydrogens (tertiary/aromatic N) is 2. The molecule has 2 rings (SSSR count). The molecule has 0 fully saturated rings. The fourth-order valence-corrected chi connectivity index (χ4v) is 2.37. The maximum atomic E-state index is 12.4. The van der Waals surface area contributed by atoms with Crippen LogP contribution in [0.3, 0.4) is 0 Å². The molecular formula is C14H18N2O3. The molecule has 1 heterocycles. The number of anilines is 2. The van der Waals surface area contributed by atoms with Crippen LogP contribution in [0.15, 0.2) is 24.3 Å². The summed E-state index contributed by atoms with van der Waals surface area (Å²) in [5, 5.41) is 0. The zero-order chi connectivity index (χ0) is 14.0. The van der Waals surface area contributed by atoms with E-state index in [4.69, 9.17) is 4.74 Å². The summed E-state index contributed by atoms with van der Waals surface area (Å²) < 4.78 is 5.02. The van der Waals surface area contributed by atoms with E-state index in [-0.39, 0.29) is 12.5 Å². The molecule has 0 aliphatic carbocycles. The van der Waals surface area contributed by atoms with Gasteiger partial charge in [0.1, 0.15) is 0 Å². The Morgan fingerprint density at radius 1 is 1.26 bits per heavy atom. The number of hydrogen-bond acceptors (Lipinski definition) is 4. The average Bonchev–Trinajstić information content (AvgIpc) is 2.42. The summed E-state index contributed by atoms with van der Waals surface area (Å²) in [6, 6.07) is 6.67. The van der Waals surface area contributed by atoms with Crippen molar-refractivity contribution >= 4 is 23.3 Å². The van der Waals surface area contributed by atoms with Crippen LogP contribution in [0.2, 0.25) is 0 Å². The minimum Gasteiger partial charge on any atom is -0.464 e. The third-order valence-electron chi connectivity index (χ3n) is 3.28. The third-order valence-corrected chi connectivity index (χ3v) is 3.28. The van der Waals surface area contributed by atoms with Crippen molar-refractivity contribution in [1.29, 1.82) is 0 Å². The molecule has 1 aromatic rings. The van der Waals surface area contributed by atoms with Crippen LogP contribution in [0.25, 0.3) is 0 Å². The molecule has 0 aromatic heterocycles. The highest BCUT2D eigenvalue weighted by atomic mass is 16.5. The lowest BCUT2D eigenvalue weighted by Crippen LogP contribution is -2.56. The number of fused-ring (bicyclic) bond motifs is 1. The molecule has 1 aromatic carbocycles. The summed E-state index contributed by atoms with van der Waals surface area (Å²) in [4.78, 5) is 27.7. The van der Waals surface area contributed by atoms with Gasteiger partial charge in [-0.3, -0.25) is 4.79 Å². The highest BCUT2D eigenvalue weighted by Gasteiger charge is 2.41. The standard InChI is InChI=1S/C14H18N2O3/c1-4-16-11-9-7-6-8-10(11)15(3)13(17)12(16)14(18)19-5-2/h6-9,12H,4-5H2,1-3H3. The molecule has 1 aliphatic heterocycles. The van der Waals surface area contributed by atoms with Crippen LogP contribution in [0.1, 0.15) is 13.8 Å². The normalized spacial score (nSPS) is 18.3. The Hall–Kier alpha value is -2.04. The highest BCUT2D eigenvalue weighted by Crippen LogP contribution is 2.35. The van der Waals surface area contributed by atoms with Gasteiger partial charge in [-0.15, -0.1) is 0 Å². The second-order valence-electron chi connectivity index (χ2n) is 4.33. The van der Waals surface area contributed by atoms with E-state index in [0.29, 0.717) is 6.54 Å². The summed E-state index contributed by atoms with van der Waals surface area (Å²) in [5.41, 5.74) is 1.69. The predicted octanol–water partition coefficient (Wildman–Crippen LogP) is 1.42. The van der Waals surface area contributed by atoms with E-state index in [2.05, 4.69) is 0 Å². The minimum absolute atomic E-state index is 0.251. The largest absolute Gasteiger partial charge is 0.464 e. The quantitative estimate of drug-likeness (QED) is 0.610. The SMILES string of the molecule is CCOC(=O)C1C(=O)N(C)c2ccccc2N1CC. The lowest BCUT2D eigenvalue weighted by Gasteiger charge is -2.39. The van der Waals surface area contributed by atoms with Gasteiger partial charge >= 0.3 is 5.97 Å². The molecule has 5 heteroatoms. The second kappa shape index (κ2) is 5.30. The zero-order valence-electron chi connectivity index (χ0n) is 11.4. The molecule has 1 atom stereocenters. The monoisotopic (exact) mass is 262 g/mol. The fraction of sp³-hybridized carbons (Fsp3) is 0.429. The van der Waals surface area contributed by atoms with Crippen molar-refractivity contribution in [2.75, 3.05) is 30.0 Å². The van der Waals surface area contributed by atoms with Crippen LogP contribution in [-0.4, -0.2) is 38.1 Å². The van der Waals surface area contributed by atoms with Gasteiger partial charge in [-0.05, 0) is 26.0 Å². The van der Waals surface area contributed by atoms with Crippen LogP contribution in [0.5, 0.6) is 0 Å². The van der Waals surface area contributed by atoms with Crippen molar-refractivity contribution in [1.82, 2.24) is 0 Å². The van der Waals surface area contributed by atoms with Crippen molar-refractivity contribution in [3.05, 3.63) is 24.3 Å². The van der Waals surface area contributed by atoms with Gasteiger partial charge in [0.15, 0.2) is 0 Å². The third kappa shape index (κ3) is 2.16. The van der Waals surface area contributed by atoms with E-state index in [1.807, 2.05) is 31.2 Å². The molecule has 5 nitrogen and oxygen atoms in total. The Morgan fingerprint density at radius 2 is 1.89 bits per heavy atom. The molecule has 1 amide bonds. The van der Waals surface area contributed by atoms with E-state index in [0.717, 1.165) is 11.4 Å². The molecule has 1 unspecified atom stereocenters. The maximum absolute atomic E-state index is 12.4. The smallest absolute Gasteiger partial charge is 0.338 e. The average molecular weight is 262 g/mol. The molecule has 0 spiro atoms. The lowest BCUT2D eigenvalue weighted by atomic mass is 10.1. The summed E-state index contributed by atoms with van der Waals surface area (Å²) in [6.07, 6.45) is 0. The molecule has 0 N–H and O–H groups in total. The van der Waals surface area contributed by atoms with Crippen molar-refractivity contribution < 1.29 is 14.3 Å². The molecule has 0 saturated heterocycles. The Bertz CT molecular complexity index is 501. The van der Waals surface area contributed by atoms with Crippen molar-refractivity contribution in [2.45, 2.75) is 19.9 Å². The van der Waals surface area contributed by atoms with Crippen LogP contribution < -0.4 is 9.80 Å². The lowest BCUT2D eigenvalue weighted by molar-refractivity contribution is -0.147. The second-order valence-corrected chi connectivity index (χ2v) is 4.33. The topological polar surface area (TPSA) is 49.9 Å². The molecule has 102 valence electrons. The van der Waals surface area contributed by atoms with Crippen LogP contribution in [0.4, 0.5) is 11.4 Å². The first-order valence-electron chi connectivity index (χ1n) is 6.41. The molecule has 19 heavy (non-hydrogen) atoms. The summed E-state index contributed by atoms with van der Waals surface area (Å²) >= 11 is 0. The molecule has 1 aliphatic rings. The minimum atomic E-state index is -0.884. The Kier molecular flexibility index (Phi) is 3.74. The van der Waals surface area contributed by atoms with Gasteiger partial charge in [-0.1, -0.05) is 12.1 Å². The highest BCUT2D eigenvalue weighted by molar-refractivity contribution is 6.15. The summed E-state index contributed by atoms with van der Waals surface area (Å²) in [7, 11) is 1.68. The Labute approximate surface area is 112 Å². The number of esters is 1. The van der Waals surface area contributed by atoms with Crippen molar-refractivity contribution in [3.8, 4) is 0 Å². The van der Waals surface area contributed by atoms with E-state index in [9.17, 15) is 9.59 Å². The number of amides is 1. The van der Waals surface area contributed by atoms with Gasteiger partial charge < -0.3 is 14.5 Å². The molecule has 0 radical (unpaired) electrons. The number of rotatable bonds is 3. The molecule has 0 bridgehead atoms. The first-order valence-corrected chi connectivity index (χ1v) is 6.41. The number of carbonyl (C=O) groups excluding carboxylic acids is 2. The van der Waals surface area contributed by atoms with Gasteiger partial charge in [0, 0.05) is 13.6 Å². The van der Waals surface area contributed by atoms with Gasteiger partial charge in [-0.2, -0.15) is 0 Å². The first kappa shape index (κ1) is 13.4. The van der Waals surface area contributed by atoms with E-state index in [1.165, 1.54) is 4.90 Å². The van der Waals surface area contributed by atoms with E-state index >= 15 is 0 Å². The number of benzene rings is 1. The predicted molar refractivity (Wildman–Crippen MR) is 73.3 cm³/mol. The van der Waals surface area contributed by atoms with Gasteiger partial charge in [0.25, 0.3) is 5.91 Å². The number of hydrogen-bond donors (Lipinski definition) is 0. The maximum Gasteiger partial charge on any atom is 0.338 e.